The van der Waals surface area contributed by atoms with Crippen LogP contribution in [-0.2, 0) is 14.4 Å². The Bertz CT molecular complexity index is 785. The summed E-state index contributed by atoms with van der Waals surface area (Å²) in [5.74, 6) is 0.787. The summed E-state index contributed by atoms with van der Waals surface area (Å²) in [6, 6.07) is 16.4. The van der Waals surface area contributed by atoms with Crippen LogP contribution in [0, 0.1) is 0 Å². The number of carbonyl (C=O) groups is 3. The van der Waals surface area contributed by atoms with Gasteiger partial charge in [-0.25, -0.2) is 0 Å². The molecule has 0 bridgehead atoms. The minimum Gasteiger partial charge on any atom is -0.457 e. The molecule has 2 aromatic carbocycles. The molecule has 140 valence electrons. The van der Waals surface area contributed by atoms with Crippen LogP contribution < -0.4 is 10.1 Å². The number of piperazine rings is 1. The maximum absolute atomic E-state index is 12.2. The van der Waals surface area contributed by atoms with E-state index in [0.29, 0.717) is 37.6 Å². The van der Waals surface area contributed by atoms with Crippen LogP contribution in [0.25, 0.3) is 0 Å². The van der Waals surface area contributed by atoms with Crippen molar-refractivity contribution in [3.05, 3.63) is 54.6 Å². The zero-order chi connectivity index (χ0) is 19.1. The Balaban J connectivity index is 1.47. The van der Waals surface area contributed by atoms with Gasteiger partial charge in [-0.3, -0.25) is 14.4 Å². The van der Waals surface area contributed by atoms with Crippen molar-refractivity contribution in [1.82, 2.24) is 9.80 Å². The van der Waals surface area contributed by atoms with E-state index in [4.69, 9.17) is 4.74 Å². The summed E-state index contributed by atoms with van der Waals surface area (Å²) in [7, 11) is 0. The molecular formula is C20H21N3O4. The van der Waals surface area contributed by atoms with Crippen LogP contribution in [0.2, 0.25) is 0 Å². The third kappa shape index (κ3) is 5.31. The quantitative estimate of drug-likeness (QED) is 0.626. The Labute approximate surface area is 157 Å². The highest BCUT2D eigenvalue weighted by molar-refractivity contribution is 6.03. The van der Waals surface area contributed by atoms with Crippen molar-refractivity contribution in [1.29, 1.82) is 0 Å². The molecule has 0 atom stereocenters. The van der Waals surface area contributed by atoms with E-state index >= 15 is 0 Å². The van der Waals surface area contributed by atoms with Gasteiger partial charge >= 0.3 is 0 Å². The molecule has 1 saturated heterocycles. The molecule has 3 amide bonds. The third-order valence-corrected chi connectivity index (χ3v) is 4.24. The van der Waals surface area contributed by atoms with E-state index < -0.39 is 0 Å². The Hall–Kier alpha value is -3.35. The summed E-state index contributed by atoms with van der Waals surface area (Å²) in [4.78, 5) is 38.2. The average molecular weight is 367 g/mol. The molecule has 27 heavy (non-hydrogen) atoms. The van der Waals surface area contributed by atoms with Gasteiger partial charge in [0.1, 0.15) is 17.9 Å². The molecule has 0 unspecified atom stereocenters. The van der Waals surface area contributed by atoms with Crippen LogP contribution in [0.4, 0.5) is 5.69 Å². The van der Waals surface area contributed by atoms with Crippen LogP contribution in [0.1, 0.15) is 6.42 Å². The lowest BCUT2D eigenvalue weighted by molar-refractivity contribution is -0.137. The van der Waals surface area contributed by atoms with Crippen molar-refractivity contribution in [2.75, 3.05) is 31.5 Å². The Morgan fingerprint density at radius 1 is 0.926 bits per heavy atom. The number of hydrogen-bond donors (Lipinski definition) is 1. The van der Waals surface area contributed by atoms with Gasteiger partial charge < -0.3 is 19.9 Å². The fourth-order valence-electron chi connectivity index (χ4n) is 2.76. The molecule has 3 rings (SSSR count). The summed E-state index contributed by atoms with van der Waals surface area (Å²) in [6.07, 6.45) is 0.559. The maximum Gasteiger partial charge on any atom is 0.233 e. The topological polar surface area (TPSA) is 79.0 Å². The number of rotatable bonds is 6. The maximum atomic E-state index is 12.2. The van der Waals surface area contributed by atoms with Gasteiger partial charge in [0.05, 0.1) is 0 Å². The van der Waals surface area contributed by atoms with Gasteiger partial charge in [0.15, 0.2) is 0 Å². The highest BCUT2D eigenvalue weighted by atomic mass is 16.5. The predicted molar refractivity (Wildman–Crippen MR) is 100 cm³/mol. The summed E-state index contributed by atoms with van der Waals surface area (Å²) in [5, 5.41) is 2.71. The molecule has 0 saturated carbocycles. The van der Waals surface area contributed by atoms with Crippen molar-refractivity contribution in [2.24, 2.45) is 0 Å². The molecule has 1 N–H and O–H groups in total. The van der Waals surface area contributed by atoms with Gasteiger partial charge in [-0.05, 0) is 36.4 Å². The van der Waals surface area contributed by atoms with E-state index in [1.165, 1.54) is 0 Å². The zero-order valence-corrected chi connectivity index (χ0v) is 14.8. The van der Waals surface area contributed by atoms with Crippen molar-refractivity contribution in [3.63, 3.8) is 0 Å². The standard InChI is InChI=1S/C20H21N3O4/c24-15-22-10-12-23(13-11-22)20(26)14-19(25)21-16-6-8-18(9-7-16)27-17-4-2-1-3-5-17/h1-9,15H,10-14H2,(H,21,25). The SMILES string of the molecule is O=CN1CCN(C(=O)CC(=O)Nc2ccc(Oc3ccccc3)cc2)CC1. The van der Waals surface area contributed by atoms with Gasteiger partial charge in [-0.1, -0.05) is 18.2 Å². The fourth-order valence-corrected chi connectivity index (χ4v) is 2.76. The summed E-state index contributed by atoms with van der Waals surface area (Å²) in [6.45, 7) is 1.91. The highest BCUT2D eigenvalue weighted by Gasteiger charge is 2.22. The Morgan fingerprint density at radius 2 is 1.56 bits per heavy atom. The van der Waals surface area contributed by atoms with Crippen LogP contribution in [-0.4, -0.2) is 54.2 Å². The fraction of sp³-hybridized carbons (Fsp3) is 0.250. The number of hydrogen-bond acceptors (Lipinski definition) is 4. The van der Waals surface area contributed by atoms with E-state index in [1.807, 2.05) is 30.3 Å². The molecule has 0 aliphatic carbocycles. The van der Waals surface area contributed by atoms with E-state index in [-0.39, 0.29) is 18.2 Å². The molecule has 1 aliphatic heterocycles. The van der Waals surface area contributed by atoms with E-state index in [9.17, 15) is 14.4 Å². The van der Waals surface area contributed by atoms with Crippen molar-refractivity contribution in [2.45, 2.75) is 6.42 Å². The lowest BCUT2D eigenvalue weighted by Crippen LogP contribution is -2.48. The molecule has 1 aliphatic rings. The molecule has 1 heterocycles. The first-order chi connectivity index (χ1) is 13.1. The largest absolute Gasteiger partial charge is 0.457 e. The second-order valence-corrected chi connectivity index (χ2v) is 6.19. The van der Waals surface area contributed by atoms with Gasteiger partial charge in [-0.15, -0.1) is 0 Å². The van der Waals surface area contributed by atoms with Crippen LogP contribution in [0.15, 0.2) is 54.6 Å². The first-order valence-corrected chi connectivity index (χ1v) is 8.74. The lowest BCUT2D eigenvalue weighted by atomic mass is 10.2. The van der Waals surface area contributed by atoms with Crippen LogP contribution >= 0.6 is 0 Å². The molecule has 0 radical (unpaired) electrons. The number of para-hydroxylation sites is 1. The van der Waals surface area contributed by atoms with Gasteiger partial charge in [0.25, 0.3) is 0 Å². The molecule has 7 heteroatoms. The van der Waals surface area contributed by atoms with Crippen molar-refractivity contribution < 1.29 is 19.1 Å². The summed E-state index contributed by atoms with van der Waals surface area (Å²) < 4.78 is 5.70. The number of amides is 3. The number of nitrogens with zero attached hydrogens (tertiary/aromatic N) is 2. The summed E-state index contributed by atoms with van der Waals surface area (Å²) in [5.41, 5.74) is 0.596. The molecule has 0 spiro atoms. The Morgan fingerprint density at radius 3 is 2.19 bits per heavy atom. The highest BCUT2D eigenvalue weighted by Crippen LogP contribution is 2.22. The predicted octanol–water partition coefficient (Wildman–Crippen LogP) is 2.11. The van der Waals surface area contributed by atoms with Gasteiger partial charge in [0.2, 0.25) is 18.2 Å². The van der Waals surface area contributed by atoms with Crippen molar-refractivity contribution in [3.8, 4) is 11.5 Å². The number of anilines is 1. The van der Waals surface area contributed by atoms with Crippen LogP contribution in [0.5, 0.6) is 11.5 Å². The third-order valence-electron chi connectivity index (χ3n) is 4.24. The lowest BCUT2D eigenvalue weighted by Gasteiger charge is -2.32. The monoisotopic (exact) mass is 367 g/mol. The minimum absolute atomic E-state index is 0.219. The smallest absolute Gasteiger partial charge is 0.233 e. The van der Waals surface area contributed by atoms with E-state index in [1.54, 1.807) is 34.1 Å². The van der Waals surface area contributed by atoms with Gasteiger partial charge in [0, 0.05) is 31.9 Å². The molecular weight excluding hydrogens is 346 g/mol. The first-order valence-electron chi connectivity index (χ1n) is 8.74. The normalized spacial score (nSPS) is 13.8. The number of nitrogens with one attached hydrogen (secondary N) is 1. The summed E-state index contributed by atoms with van der Waals surface area (Å²) >= 11 is 0. The van der Waals surface area contributed by atoms with Crippen molar-refractivity contribution >= 4 is 23.9 Å². The van der Waals surface area contributed by atoms with E-state index in [0.717, 1.165) is 12.2 Å². The molecule has 0 aromatic heterocycles. The molecule has 7 nitrogen and oxygen atoms in total. The second-order valence-electron chi connectivity index (χ2n) is 6.19. The zero-order valence-electron chi connectivity index (χ0n) is 14.8. The molecule has 1 fully saturated rings. The number of ether oxygens (including phenoxy) is 1. The Kier molecular flexibility index (Phi) is 6.04. The average Bonchev–Trinajstić information content (AvgIpc) is 2.70. The van der Waals surface area contributed by atoms with Crippen LogP contribution in [0.3, 0.4) is 0 Å². The second kappa shape index (κ2) is 8.84. The molecule has 2 aromatic rings. The van der Waals surface area contributed by atoms with E-state index in [2.05, 4.69) is 5.32 Å². The minimum atomic E-state index is -0.366. The number of benzene rings is 2. The number of carbonyl (C=O) groups excluding carboxylic acids is 3. The van der Waals surface area contributed by atoms with Gasteiger partial charge in [-0.2, -0.15) is 0 Å². The first kappa shape index (κ1) is 18.4.